The lowest BCUT2D eigenvalue weighted by Crippen LogP contribution is -1.98. The summed E-state index contributed by atoms with van der Waals surface area (Å²) in [5.74, 6) is 0. The van der Waals surface area contributed by atoms with E-state index in [-0.39, 0.29) is 0 Å². The number of nitrogens with zero attached hydrogens (tertiary/aromatic N) is 3. The highest BCUT2D eigenvalue weighted by atomic mass is 15.3. The Morgan fingerprint density at radius 3 is 3.00 bits per heavy atom. The van der Waals surface area contributed by atoms with E-state index in [2.05, 4.69) is 12.0 Å². The van der Waals surface area contributed by atoms with Gasteiger partial charge in [0.2, 0.25) is 0 Å². The molecule has 0 aliphatic heterocycles. The lowest BCUT2D eigenvalue weighted by atomic mass is 10.2. The minimum Gasteiger partial charge on any atom is -0.271 e. The van der Waals surface area contributed by atoms with Crippen LogP contribution in [0.2, 0.25) is 0 Å². The third kappa shape index (κ3) is 2.39. The van der Waals surface area contributed by atoms with E-state index in [1.54, 1.807) is 6.07 Å². The van der Waals surface area contributed by atoms with Gasteiger partial charge >= 0.3 is 0 Å². The van der Waals surface area contributed by atoms with Gasteiger partial charge in [0.25, 0.3) is 0 Å². The molecular formula is C9H13N3. The lowest BCUT2D eigenvalue weighted by Gasteiger charge is -1.98. The second-order valence-corrected chi connectivity index (χ2v) is 2.78. The van der Waals surface area contributed by atoms with Crippen molar-refractivity contribution in [1.82, 2.24) is 9.78 Å². The summed E-state index contributed by atoms with van der Waals surface area (Å²) in [6.07, 6.45) is 5.44. The van der Waals surface area contributed by atoms with Crippen molar-refractivity contribution in [1.29, 1.82) is 5.26 Å². The van der Waals surface area contributed by atoms with Crippen LogP contribution in [0.1, 0.15) is 31.9 Å². The van der Waals surface area contributed by atoms with Crippen LogP contribution in [0.4, 0.5) is 0 Å². The van der Waals surface area contributed by atoms with Crippen LogP contribution >= 0.6 is 0 Å². The zero-order chi connectivity index (χ0) is 8.81. The lowest BCUT2D eigenvalue weighted by molar-refractivity contribution is 0.552. The van der Waals surface area contributed by atoms with Crippen LogP contribution in [0.25, 0.3) is 0 Å². The van der Waals surface area contributed by atoms with Crippen LogP contribution in [-0.4, -0.2) is 9.78 Å². The second-order valence-electron chi connectivity index (χ2n) is 2.78. The molecular weight excluding hydrogens is 150 g/mol. The van der Waals surface area contributed by atoms with Gasteiger partial charge in [0.15, 0.2) is 5.69 Å². The highest BCUT2D eigenvalue weighted by molar-refractivity contribution is 5.16. The Morgan fingerprint density at radius 2 is 2.42 bits per heavy atom. The molecule has 0 aliphatic carbocycles. The monoisotopic (exact) mass is 163 g/mol. The van der Waals surface area contributed by atoms with Gasteiger partial charge in [0.05, 0.1) is 0 Å². The van der Waals surface area contributed by atoms with Crippen molar-refractivity contribution in [3.8, 4) is 6.07 Å². The number of aromatic nitrogens is 2. The number of hydrogen-bond acceptors (Lipinski definition) is 2. The summed E-state index contributed by atoms with van der Waals surface area (Å²) in [7, 11) is 0. The molecule has 3 heteroatoms. The zero-order valence-corrected chi connectivity index (χ0v) is 7.32. The average Bonchev–Trinajstić information content (AvgIpc) is 2.53. The van der Waals surface area contributed by atoms with Crippen LogP contribution in [0.5, 0.6) is 0 Å². The van der Waals surface area contributed by atoms with E-state index in [0.717, 1.165) is 13.0 Å². The first-order valence-corrected chi connectivity index (χ1v) is 4.30. The molecule has 0 amide bonds. The number of nitriles is 1. The van der Waals surface area contributed by atoms with Gasteiger partial charge in [-0.15, -0.1) is 0 Å². The molecule has 1 heterocycles. The Balaban J connectivity index is 2.38. The van der Waals surface area contributed by atoms with Crippen LogP contribution in [0, 0.1) is 11.3 Å². The summed E-state index contributed by atoms with van der Waals surface area (Å²) in [6, 6.07) is 3.75. The molecule has 1 aromatic heterocycles. The third-order valence-corrected chi connectivity index (χ3v) is 1.75. The fourth-order valence-electron chi connectivity index (χ4n) is 1.07. The molecule has 1 rings (SSSR count). The Hall–Kier alpha value is -1.30. The summed E-state index contributed by atoms with van der Waals surface area (Å²) in [5, 5.41) is 12.6. The van der Waals surface area contributed by atoms with Crippen LogP contribution in [0.15, 0.2) is 12.3 Å². The maximum absolute atomic E-state index is 8.50. The normalized spacial score (nSPS) is 9.67. The molecule has 0 aromatic carbocycles. The quantitative estimate of drug-likeness (QED) is 0.636. The van der Waals surface area contributed by atoms with E-state index in [0.29, 0.717) is 5.69 Å². The molecule has 0 radical (unpaired) electrons. The van der Waals surface area contributed by atoms with Crippen molar-refractivity contribution in [2.45, 2.75) is 32.7 Å². The van der Waals surface area contributed by atoms with Crippen molar-refractivity contribution < 1.29 is 0 Å². The van der Waals surface area contributed by atoms with Gasteiger partial charge in [-0.05, 0) is 12.5 Å². The molecule has 0 saturated heterocycles. The molecule has 0 N–H and O–H groups in total. The van der Waals surface area contributed by atoms with Gasteiger partial charge in [0.1, 0.15) is 6.07 Å². The SMILES string of the molecule is CCCCCn1ccc(C#N)n1. The highest BCUT2D eigenvalue weighted by Gasteiger charge is 1.95. The molecule has 0 fully saturated rings. The standard InChI is InChI=1S/C9H13N3/c1-2-3-4-6-12-7-5-9(8-10)11-12/h5,7H,2-4,6H2,1H3. The third-order valence-electron chi connectivity index (χ3n) is 1.75. The van der Waals surface area contributed by atoms with Gasteiger partial charge in [-0.3, -0.25) is 4.68 Å². The van der Waals surface area contributed by atoms with Crippen LogP contribution in [0.3, 0.4) is 0 Å². The maximum atomic E-state index is 8.50. The molecule has 0 unspecified atom stereocenters. The first-order valence-electron chi connectivity index (χ1n) is 4.30. The average molecular weight is 163 g/mol. The summed E-state index contributed by atoms with van der Waals surface area (Å²) in [5.41, 5.74) is 0.506. The van der Waals surface area contributed by atoms with Gasteiger partial charge in [0, 0.05) is 12.7 Å². The smallest absolute Gasteiger partial charge is 0.162 e. The molecule has 0 saturated carbocycles. The number of hydrogen-bond donors (Lipinski definition) is 0. The Kier molecular flexibility index (Phi) is 3.34. The predicted octanol–water partition coefficient (Wildman–Crippen LogP) is 1.94. The number of aryl methyl sites for hydroxylation is 1. The maximum Gasteiger partial charge on any atom is 0.162 e. The van der Waals surface area contributed by atoms with E-state index in [1.807, 2.05) is 16.9 Å². The Bertz CT molecular complexity index is 270. The minimum absolute atomic E-state index is 0.506. The topological polar surface area (TPSA) is 41.6 Å². The number of unbranched alkanes of at least 4 members (excludes halogenated alkanes) is 2. The van der Waals surface area contributed by atoms with E-state index >= 15 is 0 Å². The van der Waals surface area contributed by atoms with Crippen molar-refractivity contribution in [3.05, 3.63) is 18.0 Å². The van der Waals surface area contributed by atoms with Gasteiger partial charge in [-0.25, -0.2) is 0 Å². The summed E-state index contributed by atoms with van der Waals surface area (Å²) < 4.78 is 1.83. The van der Waals surface area contributed by atoms with Crippen molar-refractivity contribution in [2.75, 3.05) is 0 Å². The van der Waals surface area contributed by atoms with E-state index in [9.17, 15) is 0 Å². The molecule has 12 heavy (non-hydrogen) atoms. The van der Waals surface area contributed by atoms with Crippen molar-refractivity contribution >= 4 is 0 Å². The van der Waals surface area contributed by atoms with Gasteiger partial charge < -0.3 is 0 Å². The molecule has 0 spiro atoms. The summed E-state index contributed by atoms with van der Waals surface area (Å²) >= 11 is 0. The zero-order valence-electron chi connectivity index (χ0n) is 7.32. The van der Waals surface area contributed by atoms with Crippen molar-refractivity contribution in [2.24, 2.45) is 0 Å². The second kappa shape index (κ2) is 4.55. The number of rotatable bonds is 4. The fourth-order valence-corrected chi connectivity index (χ4v) is 1.07. The minimum atomic E-state index is 0.506. The van der Waals surface area contributed by atoms with Gasteiger partial charge in [-0.2, -0.15) is 10.4 Å². The fraction of sp³-hybridized carbons (Fsp3) is 0.556. The van der Waals surface area contributed by atoms with Crippen LogP contribution < -0.4 is 0 Å². The van der Waals surface area contributed by atoms with E-state index in [4.69, 9.17) is 5.26 Å². The van der Waals surface area contributed by atoms with E-state index < -0.39 is 0 Å². The molecule has 1 aromatic rings. The summed E-state index contributed by atoms with van der Waals surface area (Å²) in [6.45, 7) is 3.10. The van der Waals surface area contributed by atoms with Gasteiger partial charge in [-0.1, -0.05) is 19.8 Å². The summed E-state index contributed by atoms with van der Waals surface area (Å²) in [4.78, 5) is 0. The molecule has 0 aliphatic rings. The molecule has 3 nitrogen and oxygen atoms in total. The molecule has 0 atom stereocenters. The Morgan fingerprint density at radius 1 is 1.58 bits per heavy atom. The largest absolute Gasteiger partial charge is 0.271 e. The van der Waals surface area contributed by atoms with Crippen molar-refractivity contribution in [3.63, 3.8) is 0 Å². The first-order chi connectivity index (χ1) is 5.86. The van der Waals surface area contributed by atoms with E-state index in [1.165, 1.54) is 12.8 Å². The highest BCUT2D eigenvalue weighted by Crippen LogP contribution is 1.99. The first kappa shape index (κ1) is 8.79. The Labute approximate surface area is 72.6 Å². The molecule has 0 bridgehead atoms. The molecule has 64 valence electrons. The van der Waals surface area contributed by atoms with Crippen LogP contribution in [-0.2, 0) is 6.54 Å². The predicted molar refractivity (Wildman–Crippen MR) is 46.5 cm³/mol.